The number of rotatable bonds is 6. The maximum Gasteiger partial charge on any atom is 0.248 e. The molecule has 0 bridgehead atoms. The molecule has 0 spiro atoms. The molecule has 9 heteroatoms. The lowest BCUT2D eigenvalue weighted by molar-refractivity contribution is 0.100. The van der Waals surface area contributed by atoms with Gasteiger partial charge in [0, 0.05) is 16.9 Å². The fraction of sp³-hybridized carbons (Fsp3) is 0.125. The zero-order chi connectivity index (χ0) is 18.4. The van der Waals surface area contributed by atoms with Crippen LogP contribution < -0.4 is 16.4 Å². The SMILES string of the molecule is NC(=O)c1ccc(NC(=S)Nc2cccc(S(=O)(=O)CCO)c2)cc1. The highest BCUT2D eigenvalue weighted by Crippen LogP contribution is 2.17. The van der Waals surface area contributed by atoms with Gasteiger partial charge in [0.2, 0.25) is 5.91 Å². The Labute approximate surface area is 150 Å². The Morgan fingerprint density at radius 1 is 1.08 bits per heavy atom. The van der Waals surface area contributed by atoms with Crippen LogP contribution in [-0.4, -0.2) is 36.9 Å². The summed E-state index contributed by atoms with van der Waals surface area (Å²) in [6, 6.07) is 12.6. The number of anilines is 2. The number of hydrogen-bond donors (Lipinski definition) is 4. The minimum atomic E-state index is -3.54. The molecule has 0 saturated heterocycles. The average molecular weight is 379 g/mol. The van der Waals surface area contributed by atoms with Gasteiger partial charge in [0.25, 0.3) is 0 Å². The van der Waals surface area contributed by atoms with Gasteiger partial charge in [-0.05, 0) is 54.7 Å². The highest BCUT2D eigenvalue weighted by atomic mass is 32.2. The third-order valence-corrected chi connectivity index (χ3v) is 5.13. The molecule has 25 heavy (non-hydrogen) atoms. The zero-order valence-corrected chi connectivity index (χ0v) is 14.7. The standard InChI is InChI=1S/C16H17N3O4S2/c17-15(21)11-4-6-12(7-5-11)18-16(24)19-13-2-1-3-14(10-13)25(22,23)9-8-20/h1-7,10,20H,8-9H2,(H2,17,21)(H2,18,19,24). The van der Waals surface area contributed by atoms with Crippen molar-refractivity contribution in [2.75, 3.05) is 23.0 Å². The highest BCUT2D eigenvalue weighted by molar-refractivity contribution is 7.91. The second-order valence-electron chi connectivity index (χ2n) is 5.09. The Kier molecular flexibility index (Phi) is 6.07. The molecule has 1 amide bonds. The maximum absolute atomic E-state index is 12.0. The minimum Gasteiger partial charge on any atom is -0.395 e. The van der Waals surface area contributed by atoms with Crippen LogP contribution in [0.2, 0.25) is 0 Å². The Balaban J connectivity index is 2.07. The summed E-state index contributed by atoms with van der Waals surface area (Å²) in [5, 5.41) is 14.9. The molecular formula is C16H17N3O4S2. The van der Waals surface area contributed by atoms with Crippen LogP contribution in [0.15, 0.2) is 53.4 Å². The molecule has 0 aliphatic carbocycles. The number of hydrogen-bond acceptors (Lipinski definition) is 5. The molecule has 0 unspecified atom stereocenters. The largest absolute Gasteiger partial charge is 0.395 e. The number of aliphatic hydroxyl groups is 1. The Morgan fingerprint density at radius 2 is 1.72 bits per heavy atom. The van der Waals surface area contributed by atoms with E-state index in [0.29, 0.717) is 16.9 Å². The van der Waals surface area contributed by atoms with Gasteiger partial charge in [-0.2, -0.15) is 0 Å². The highest BCUT2D eigenvalue weighted by Gasteiger charge is 2.14. The number of nitrogens with one attached hydrogen (secondary N) is 2. The van der Waals surface area contributed by atoms with E-state index < -0.39 is 22.4 Å². The Hall–Kier alpha value is -2.49. The third-order valence-electron chi connectivity index (χ3n) is 3.24. The van der Waals surface area contributed by atoms with Gasteiger partial charge in [-0.15, -0.1) is 0 Å². The van der Waals surface area contributed by atoms with Crippen LogP contribution in [0, 0.1) is 0 Å². The van der Waals surface area contributed by atoms with Gasteiger partial charge in [0.15, 0.2) is 14.9 Å². The van der Waals surface area contributed by atoms with E-state index >= 15 is 0 Å². The second kappa shape index (κ2) is 8.06. The fourth-order valence-corrected chi connectivity index (χ4v) is 3.32. The predicted octanol–water partition coefficient (Wildman–Crippen LogP) is 1.36. The predicted molar refractivity (Wildman–Crippen MR) is 100 cm³/mol. The number of amides is 1. The summed E-state index contributed by atoms with van der Waals surface area (Å²) in [5.41, 5.74) is 6.69. The van der Waals surface area contributed by atoms with Crippen molar-refractivity contribution in [2.45, 2.75) is 4.90 Å². The fourth-order valence-electron chi connectivity index (χ4n) is 2.02. The quantitative estimate of drug-likeness (QED) is 0.559. The van der Waals surface area contributed by atoms with E-state index in [9.17, 15) is 13.2 Å². The molecule has 2 rings (SSSR count). The van der Waals surface area contributed by atoms with Gasteiger partial charge >= 0.3 is 0 Å². The number of sulfone groups is 1. The van der Waals surface area contributed by atoms with Crippen molar-refractivity contribution < 1.29 is 18.3 Å². The van der Waals surface area contributed by atoms with Gasteiger partial charge in [-0.1, -0.05) is 6.07 Å². The van der Waals surface area contributed by atoms with E-state index in [4.69, 9.17) is 23.1 Å². The lowest BCUT2D eigenvalue weighted by atomic mass is 10.2. The number of benzene rings is 2. The topological polar surface area (TPSA) is 122 Å². The molecule has 5 N–H and O–H groups in total. The molecular weight excluding hydrogens is 362 g/mol. The van der Waals surface area contributed by atoms with E-state index in [1.807, 2.05) is 0 Å². The molecule has 0 aliphatic heterocycles. The summed E-state index contributed by atoms with van der Waals surface area (Å²) >= 11 is 5.19. The molecule has 2 aromatic rings. The number of carbonyl (C=O) groups is 1. The van der Waals surface area contributed by atoms with E-state index in [2.05, 4.69) is 10.6 Å². The first-order valence-corrected chi connectivity index (χ1v) is 9.29. The molecule has 0 radical (unpaired) electrons. The summed E-state index contributed by atoms with van der Waals surface area (Å²) in [6.45, 7) is -0.443. The average Bonchev–Trinajstić information content (AvgIpc) is 2.55. The third kappa shape index (κ3) is 5.24. The summed E-state index contributed by atoms with van der Waals surface area (Å²) in [4.78, 5) is 11.1. The first-order valence-electron chi connectivity index (χ1n) is 7.23. The molecule has 132 valence electrons. The van der Waals surface area contributed by atoms with Crippen LogP contribution in [0.1, 0.15) is 10.4 Å². The van der Waals surface area contributed by atoms with Crippen LogP contribution in [0.5, 0.6) is 0 Å². The lowest BCUT2D eigenvalue weighted by Crippen LogP contribution is -2.19. The van der Waals surface area contributed by atoms with Gasteiger partial charge in [0.05, 0.1) is 17.3 Å². The molecule has 0 atom stereocenters. The molecule has 2 aromatic carbocycles. The van der Waals surface area contributed by atoms with Crippen LogP contribution in [0.3, 0.4) is 0 Å². The van der Waals surface area contributed by atoms with Crippen molar-refractivity contribution in [3.05, 3.63) is 54.1 Å². The lowest BCUT2D eigenvalue weighted by Gasteiger charge is -2.12. The summed E-state index contributed by atoms with van der Waals surface area (Å²) in [5.74, 6) is -0.862. The van der Waals surface area contributed by atoms with Gasteiger partial charge < -0.3 is 21.5 Å². The van der Waals surface area contributed by atoms with E-state index in [1.54, 1.807) is 36.4 Å². The van der Waals surface area contributed by atoms with Gasteiger partial charge in [0.1, 0.15) is 0 Å². The molecule has 0 heterocycles. The number of carbonyl (C=O) groups excluding carboxylic acids is 1. The van der Waals surface area contributed by atoms with Crippen molar-refractivity contribution >= 4 is 44.4 Å². The maximum atomic E-state index is 12.0. The van der Waals surface area contributed by atoms with Gasteiger partial charge in [-0.3, -0.25) is 4.79 Å². The second-order valence-corrected chi connectivity index (χ2v) is 7.61. The number of nitrogens with two attached hydrogens (primary N) is 1. The van der Waals surface area contributed by atoms with Crippen molar-refractivity contribution in [2.24, 2.45) is 5.73 Å². The zero-order valence-electron chi connectivity index (χ0n) is 13.1. The first kappa shape index (κ1) is 18.8. The van der Waals surface area contributed by atoms with Gasteiger partial charge in [-0.25, -0.2) is 8.42 Å². The van der Waals surface area contributed by atoms with Crippen molar-refractivity contribution in [1.29, 1.82) is 0 Å². The van der Waals surface area contributed by atoms with E-state index in [0.717, 1.165) is 0 Å². The van der Waals surface area contributed by atoms with E-state index in [-0.39, 0.29) is 15.8 Å². The van der Waals surface area contributed by atoms with E-state index in [1.165, 1.54) is 12.1 Å². The number of thiocarbonyl (C=S) groups is 1. The first-order chi connectivity index (χ1) is 11.8. The monoisotopic (exact) mass is 379 g/mol. The molecule has 0 aliphatic rings. The molecule has 0 saturated carbocycles. The number of primary amides is 1. The smallest absolute Gasteiger partial charge is 0.248 e. The Bertz CT molecular complexity index is 881. The minimum absolute atomic E-state index is 0.0974. The van der Waals surface area contributed by atoms with Crippen molar-refractivity contribution in [3.63, 3.8) is 0 Å². The van der Waals surface area contributed by atoms with Crippen molar-refractivity contribution in [3.8, 4) is 0 Å². The number of aliphatic hydroxyl groups excluding tert-OH is 1. The van der Waals surface area contributed by atoms with Crippen LogP contribution in [0.25, 0.3) is 0 Å². The van der Waals surface area contributed by atoms with Crippen LogP contribution in [-0.2, 0) is 9.84 Å². The molecule has 0 fully saturated rings. The van der Waals surface area contributed by atoms with Crippen LogP contribution >= 0.6 is 12.2 Å². The summed E-state index contributed by atoms with van der Waals surface area (Å²) < 4.78 is 23.9. The van der Waals surface area contributed by atoms with Crippen LogP contribution in [0.4, 0.5) is 11.4 Å². The normalized spacial score (nSPS) is 10.9. The molecule has 0 aromatic heterocycles. The molecule has 7 nitrogen and oxygen atoms in total. The van der Waals surface area contributed by atoms with Crippen molar-refractivity contribution in [1.82, 2.24) is 0 Å². The Morgan fingerprint density at radius 3 is 2.32 bits per heavy atom. The summed E-state index contributed by atoms with van der Waals surface area (Å²) in [6.07, 6.45) is 0. The summed E-state index contributed by atoms with van der Waals surface area (Å²) in [7, 11) is -3.54.